The molecule has 0 aliphatic carbocycles. The number of H-pyrrole nitrogens is 1. The molecule has 0 unspecified atom stereocenters. The minimum Gasteiger partial charge on any atom is -0.350 e. The van der Waals surface area contributed by atoms with Crippen LogP contribution in [0, 0.1) is 26.7 Å². The van der Waals surface area contributed by atoms with Crippen molar-refractivity contribution in [3.05, 3.63) is 40.7 Å². The first-order chi connectivity index (χ1) is 11.5. The predicted molar refractivity (Wildman–Crippen MR) is 90.5 cm³/mol. The van der Waals surface area contributed by atoms with E-state index in [2.05, 4.69) is 36.4 Å². The molecule has 24 heavy (non-hydrogen) atoms. The molecule has 1 saturated heterocycles. The number of likely N-dealkylation sites (tertiary alicyclic amines) is 1. The van der Waals surface area contributed by atoms with Crippen LogP contribution >= 0.6 is 0 Å². The zero-order chi connectivity index (χ0) is 17.1. The summed E-state index contributed by atoms with van der Waals surface area (Å²) in [6.45, 7) is 9.24. The van der Waals surface area contributed by atoms with Crippen molar-refractivity contribution in [3.8, 4) is 0 Å². The van der Waals surface area contributed by atoms with Crippen molar-refractivity contribution in [1.29, 1.82) is 0 Å². The van der Waals surface area contributed by atoms with Gasteiger partial charge >= 0.3 is 0 Å². The van der Waals surface area contributed by atoms with Gasteiger partial charge < -0.3 is 5.32 Å². The van der Waals surface area contributed by atoms with Gasteiger partial charge in [0.1, 0.15) is 11.5 Å². The lowest BCUT2D eigenvalue weighted by Gasteiger charge is -2.15. The second-order valence-corrected chi connectivity index (χ2v) is 6.58. The van der Waals surface area contributed by atoms with E-state index in [9.17, 15) is 4.79 Å². The van der Waals surface area contributed by atoms with E-state index in [0.29, 0.717) is 24.0 Å². The fourth-order valence-corrected chi connectivity index (χ4v) is 3.17. The summed E-state index contributed by atoms with van der Waals surface area (Å²) in [4.78, 5) is 23.0. The molecule has 0 spiro atoms. The first-order valence-corrected chi connectivity index (χ1v) is 8.33. The molecule has 2 N–H and O–H groups in total. The molecule has 0 saturated carbocycles. The number of hydrogen-bond donors (Lipinski definition) is 2. The highest BCUT2D eigenvalue weighted by molar-refractivity contribution is 5.92. The molecule has 1 atom stereocenters. The Balaban J connectivity index is 1.48. The number of rotatable bonds is 5. The van der Waals surface area contributed by atoms with Crippen LogP contribution in [0.15, 0.2) is 12.1 Å². The van der Waals surface area contributed by atoms with Gasteiger partial charge in [0.05, 0.1) is 5.69 Å². The summed E-state index contributed by atoms with van der Waals surface area (Å²) >= 11 is 0. The van der Waals surface area contributed by atoms with Crippen LogP contribution in [0.1, 0.15) is 39.8 Å². The summed E-state index contributed by atoms with van der Waals surface area (Å²) in [5.41, 5.74) is 3.42. The minimum atomic E-state index is -0.120. The van der Waals surface area contributed by atoms with Crippen molar-refractivity contribution in [2.24, 2.45) is 5.92 Å². The van der Waals surface area contributed by atoms with E-state index in [4.69, 9.17) is 0 Å². The Bertz CT molecular complexity index is 705. The number of aromatic amines is 1. The maximum atomic E-state index is 12.3. The van der Waals surface area contributed by atoms with Crippen molar-refractivity contribution >= 4 is 5.91 Å². The molecule has 1 aliphatic heterocycles. The highest BCUT2D eigenvalue weighted by Gasteiger charge is 2.23. The highest BCUT2D eigenvalue weighted by Crippen LogP contribution is 2.17. The molecule has 2 aromatic rings. The summed E-state index contributed by atoms with van der Waals surface area (Å²) < 4.78 is 0. The lowest BCUT2D eigenvalue weighted by atomic mass is 10.1. The molecule has 7 nitrogen and oxygen atoms in total. The molecule has 128 valence electrons. The first-order valence-electron chi connectivity index (χ1n) is 8.33. The third-order valence-electron chi connectivity index (χ3n) is 4.26. The summed E-state index contributed by atoms with van der Waals surface area (Å²) in [7, 11) is 0. The number of amides is 1. The van der Waals surface area contributed by atoms with Crippen LogP contribution in [0.3, 0.4) is 0 Å². The van der Waals surface area contributed by atoms with Gasteiger partial charge in [0.15, 0.2) is 0 Å². The van der Waals surface area contributed by atoms with E-state index in [1.54, 1.807) is 13.0 Å². The topological polar surface area (TPSA) is 86.8 Å². The van der Waals surface area contributed by atoms with Crippen molar-refractivity contribution in [1.82, 2.24) is 30.4 Å². The Morgan fingerprint density at radius 3 is 2.88 bits per heavy atom. The summed E-state index contributed by atoms with van der Waals surface area (Å²) in [6.07, 6.45) is 1.09. The Kier molecular flexibility index (Phi) is 4.89. The van der Waals surface area contributed by atoms with E-state index in [0.717, 1.165) is 43.1 Å². The van der Waals surface area contributed by atoms with Crippen LogP contribution in [-0.4, -0.2) is 50.6 Å². The second kappa shape index (κ2) is 7.09. The second-order valence-electron chi connectivity index (χ2n) is 6.58. The zero-order valence-corrected chi connectivity index (χ0v) is 14.5. The molecule has 0 radical (unpaired) electrons. The summed E-state index contributed by atoms with van der Waals surface area (Å²) in [6, 6.07) is 3.80. The lowest BCUT2D eigenvalue weighted by Crippen LogP contribution is -2.31. The molecular weight excluding hydrogens is 304 g/mol. The maximum Gasteiger partial charge on any atom is 0.270 e. The minimum absolute atomic E-state index is 0.120. The Morgan fingerprint density at radius 1 is 1.33 bits per heavy atom. The summed E-state index contributed by atoms with van der Waals surface area (Å²) in [5, 5.41) is 10.3. The molecule has 1 amide bonds. The highest BCUT2D eigenvalue weighted by atomic mass is 16.1. The van der Waals surface area contributed by atoms with Gasteiger partial charge in [0.25, 0.3) is 5.91 Å². The van der Waals surface area contributed by atoms with Crippen LogP contribution in [0.5, 0.6) is 0 Å². The van der Waals surface area contributed by atoms with Gasteiger partial charge in [-0.2, -0.15) is 5.10 Å². The van der Waals surface area contributed by atoms with Crippen molar-refractivity contribution in [2.75, 3.05) is 19.6 Å². The standard InChI is InChI=1S/C17H24N6O/c1-11-7-16(20-13(3)19-11)17(24)18-8-14-4-5-23(9-14)10-15-6-12(2)21-22-15/h6-7,14H,4-5,8-10H2,1-3H3,(H,18,24)(H,21,22)/t14-/m0/s1. The normalized spacial score (nSPS) is 18.0. The summed E-state index contributed by atoms with van der Waals surface area (Å²) in [5.74, 6) is 0.976. The molecule has 2 aromatic heterocycles. The maximum absolute atomic E-state index is 12.3. The van der Waals surface area contributed by atoms with Gasteiger partial charge in [-0.3, -0.25) is 14.8 Å². The number of nitrogens with one attached hydrogen (secondary N) is 2. The van der Waals surface area contributed by atoms with Crippen LogP contribution < -0.4 is 5.32 Å². The zero-order valence-electron chi connectivity index (χ0n) is 14.5. The van der Waals surface area contributed by atoms with Crippen LogP contribution in [0.4, 0.5) is 0 Å². The van der Waals surface area contributed by atoms with Crippen molar-refractivity contribution in [3.63, 3.8) is 0 Å². The molecule has 3 heterocycles. The van der Waals surface area contributed by atoms with Crippen LogP contribution in [0.2, 0.25) is 0 Å². The number of carbonyl (C=O) groups is 1. The molecule has 1 fully saturated rings. The Labute approximate surface area is 141 Å². The molecule has 3 rings (SSSR count). The van der Waals surface area contributed by atoms with E-state index >= 15 is 0 Å². The largest absolute Gasteiger partial charge is 0.350 e. The molecule has 1 aliphatic rings. The van der Waals surface area contributed by atoms with Gasteiger partial charge in [0.2, 0.25) is 0 Å². The third kappa shape index (κ3) is 4.17. The average Bonchev–Trinajstić information content (AvgIpc) is 3.13. The lowest BCUT2D eigenvalue weighted by molar-refractivity contribution is 0.0941. The van der Waals surface area contributed by atoms with E-state index < -0.39 is 0 Å². The number of carbonyl (C=O) groups excluding carboxylic acids is 1. The fourth-order valence-electron chi connectivity index (χ4n) is 3.17. The quantitative estimate of drug-likeness (QED) is 0.866. The number of aryl methyl sites for hydroxylation is 3. The molecule has 0 bridgehead atoms. The van der Waals surface area contributed by atoms with Gasteiger partial charge in [-0.15, -0.1) is 0 Å². The Morgan fingerprint density at radius 2 is 2.17 bits per heavy atom. The number of aromatic nitrogens is 4. The third-order valence-corrected chi connectivity index (χ3v) is 4.26. The van der Waals surface area contributed by atoms with Gasteiger partial charge in [-0.25, -0.2) is 9.97 Å². The number of nitrogens with zero attached hydrogens (tertiary/aromatic N) is 4. The van der Waals surface area contributed by atoms with Gasteiger partial charge in [0, 0.05) is 31.0 Å². The van der Waals surface area contributed by atoms with E-state index in [1.165, 1.54) is 0 Å². The SMILES string of the molecule is Cc1cc(C(=O)NC[C@@H]2CCN(Cc3cc(C)[nH]n3)C2)nc(C)n1. The Hall–Kier alpha value is -2.28. The van der Waals surface area contributed by atoms with Crippen LogP contribution in [-0.2, 0) is 6.54 Å². The predicted octanol–water partition coefficient (Wildman–Crippen LogP) is 1.38. The van der Waals surface area contributed by atoms with Gasteiger partial charge in [-0.1, -0.05) is 0 Å². The smallest absolute Gasteiger partial charge is 0.270 e. The van der Waals surface area contributed by atoms with Crippen molar-refractivity contribution in [2.45, 2.75) is 33.7 Å². The monoisotopic (exact) mass is 328 g/mol. The molecule has 7 heteroatoms. The van der Waals surface area contributed by atoms with Crippen molar-refractivity contribution < 1.29 is 4.79 Å². The first kappa shape index (κ1) is 16.6. The number of hydrogen-bond acceptors (Lipinski definition) is 5. The van der Waals surface area contributed by atoms with E-state index in [1.807, 2.05) is 13.8 Å². The molecular formula is C17H24N6O. The van der Waals surface area contributed by atoms with Gasteiger partial charge in [-0.05, 0) is 51.8 Å². The molecule has 0 aromatic carbocycles. The fraction of sp³-hybridized carbons (Fsp3) is 0.529. The average molecular weight is 328 g/mol. The van der Waals surface area contributed by atoms with Crippen LogP contribution in [0.25, 0.3) is 0 Å². The van der Waals surface area contributed by atoms with E-state index in [-0.39, 0.29) is 5.91 Å².